The highest BCUT2D eigenvalue weighted by molar-refractivity contribution is 7.90. The van der Waals surface area contributed by atoms with Gasteiger partial charge in [-0.2, -0.15) is 0 Å². The summed E-state index contributed by atoms with van der Waals surface area (Å²) < 4.78 is 32.6. The molecule has 1 atom stereocenters. The van der Waals surface area contributed by atoms with Crippen LogP contribution >= 0.6 is 0 Å². The molecule has 0 heterocycles. The van der Waals surface area contributed by atoms with Gasteiger partial charge in [0, 0.05) is 17.9 Å². The van der Waals surface area contributed by atoms with Crippen molar-refractivity contribution in [1.29, 1.82) is 0 Å². The minimum atomic E-state index is -3.01. The first-order valence-electron chi connectivity index (χ1n) is 5.52. The first kappa shape index (κ1) is 14.8. The molecule has 0 aromatic heterocycles. The van der Waals surface area contributed by atoms with Crippen LogP contribution in [0, 0.1) is 0 Å². The first-order valence-corrected chi connectivity index (χ1v) is 7.58. The van der Waals surface area contributed by atoms with E-state index < -0.39 is 15.9 Å². The van der Waals surface area contributed by atoms with Crippen LogP contribution in [0.4, 0.5) is 0 Å². The van der Waals surface area contributed by atoms with Gasteiger partial charge in [-0.3, -0.25) is 0 Å². The standard InChI is InChI=1S/C12H19NO4S/c1-16-9-4-5-12(17-2)10(8-9)11(13)6-7-18(3,14)15/h4-5,8,11H,6-7,13H2,1-3H3. The van der Waals surface area contributed by atoms with Gasteiger partial charge in [0.1, 0.15) is 21.3 Å². The Morgan fingerprint density at radius 1 is 1.28 bits per heavy atom. The second kappa shape index (κ2) is 6.06. The molecule has 2 N–H and O–H groups in total. The van der Waals surface area contributed by atoms with Crippen LogP contribution in [-0.4, -0.2) is 34.6 Å². The molecule has 0 saturated carbocycles. The van der Waals surface area contributed by atoms with Crippen LogP contribution in [0.3, 0.4) is 0 Å². The Balaban J connectivity index is 2.92. The third-order valence-corrected chi connectivity index (χ3v) is 3.61. The van der Waals surface area contributed by atoms with Crippen molar-refractivity contribution in [2.75, 3.05) is 26.2 Å². The second-order valence-electron chi connectivity index (χ2n) is 4.13. The molecule has 0 aliphatic rings. The number of methoxy groups -OCH3 is 2. The lowest BCUT2D eigenvalue weighted by Gasteiger charge is -2.16. The average molecular weight is 273 g/mol. The summed E-state index contributed by atoms with van der Waals surface area (Å²) in [6, 6.07) is 4.90. The van der Waals surface area contributed by atoms with Crippen molar-refractivity contribution in [3.8, 4) is 11.5 Å². The number of hydrogen-bond donors (Lipinski definition) is 1. The number of ether oxygens (including phenoxy) is 2. The van der Waals surface area contributed by atoms with Gasteiger partial charge in [0.25, 0.3) is 0 Å². The molecular weight excluding hydrogens is 254 g/mol. The number of benzene rings is 1. The zero-order valence-corrected chi connectivity index (χ0v) is 11.7. The maximum absolute atomic E-state index is 11.1. The Morgan fingerprint density at radius 2 is 1.94 bits per heavy atom. The summed E-state index contributed by atoms with van der Waals surface area (Å²) >= 11 is 0. The van der Waals surface area contributed by atoms with E-state index in [-0.39, 0.29) is 5.75 Å². The molecule has 1 aromatic rings. The Hall–Kier alpha value is -1.27. The van der Waals surface area contributed by atoms with Gasteiger partial charge in [0.2, 0.25) is 0 Å². The third kappa shape index (κ3) is 4.19. The van der Waals surface area contributed by atoms with E-state index in [4.69, 9.17) is 15.2 Å². The van der Waals surface area contributed by atoms with Gasteiger partial charge in [-0.25, -0.2) is 8.42 Å². The summed E-state index contributed by atoms with van der Waals surface area (Å²) in [6.45, 7) is 0. The zero-order chi connectivity index (χ0) is 13.8. The smallest absolute Gasteiger partial charge is 0.147 e. The Labute approximate surface area is 108 Å². The van der Waals surface area contributed by atoms with Crippen LogP contribution in [0.2, 0.25) is 0 Å². The predicted octanol–water partition coefficient (Wildman–Crippen LogP) is 1.14. The molecule has 102 valence electrons. The molecule has 1 aromatic carbocycles. The molecule has 0 saturated heterocycles. The fourth-order valence-electron chi connectivity index (χ4n) is 1.63. The van der Waals surface area contributed by atoms with Gasteiger partial charge in [-0.05, 0) is 24.6 Å². The normalized spacial score (nSPS) is 13.1. The monoisotopic (exact) mass is 273 g/mol. The highest BCUT2D eigenvalue weighted by atomic mass is 32.2. The van der Waals surface area contributed by atoms with Crippen molar-refractivity contribution >= 4 is 9.84 Å². The quantitative estimate of drug-likeness (QED) is 0.840. The zero-order valence-electron chi connectivity index (χ0n) is 10.8. The topological polar surface area (TPSA) is 78.6 Å². The third-order valence-electron chi connectivity index (χ3n) is 2.64. The first-order chi connectivity index (χ1) is 8.37. The highest BCUT2D eigenvalue weighted by Crippen LogP contribution is 2.29. The van der Waals surface area contributed by atoms with Crippen molar-refractivity contribution in [2.24, 2.45) is 5.73 Å². The second-order valence-corrected chi connectivity index (χ2v) is 6.39. The molecule has 0 spiro atoms. The summed E-state index contributed by atoms with van der Waals surface area (Å²) in [4.78, 5) is 0. The lowest BCUT2D eigenvalue weighted by Crippen LogP contribution is -2.16. The fourth-order valence-corrected chi connectivity index (χ4v) is 2.31. The van der Waals surface area contributed by atoms with E-state index in [2.05, 4.69) is 0 Å². The Morgan fingerprint density at radius 3 is 2.44 bits per heavy atom. The average Bonchev–Trinajstić information content (AvgIpc) is 2.34. The molecule has 5 nitrogen and oxygen atoms in total. The van der Waals surface area contributed by atoms with Crippen molar-refractivity contribution in [1.82, 2.24) is 0 Å². The van der Waals surface area contributed by atoms with Crippen molar-refractivity contribution in [3.05, 3.63) is 23.8 Å². The van der Waals surface area contributed by atoms with E-state index >= 15 is 0 Å². The molecule has 0 fully saturated rings. The molecule has 0 bridgehead atoms. The van der Waals surface area contributed by atoms with Gasteiger partial charge >= 0.3 is 0 Å². The van der Waals surface area contributed by atoms with Crippen LogP contribution in [0.25, 0.3) is 0 Å². The maximum Gasteiger partial charge on any atom is 0.147 e. The minimum absolute atomic E-state index is 0.0501. The van der Waals surface area contributed by atoms with E-state index in [0.29, 0.717) is 17.9 Å². The molecule has 1 unspecified atom stereocenters. The Kier molecular flexibility index (Phi) is 4.98. The molecule has 0 aliphatic carbocycles. The SMILES string of the molecule is COc1ccc(OC)c(C(N)CCS(C)(=O)=O)c1. The number of rotatable bonds is 6. The van der Waals surface area contributed by atoms with Crippen LogP contribution in [0.5, 0.6) is 11.5 Å². The fraction of sp³-hybridized carbons (Fsp3) is 0.500. The summed E-state index contributed by atoms with van der Waals surface area (Å²) in [5, 5.41) is 0. The largest absolute Gasteiger partial charge is 0.497 e. The summed E-state index contributed by atoms with van der Waals surface area (Å²) in [5.41, 5.74) is 6.75. The molecule has 6 heteroatoms. The maximum atomic E-state index is 11.1. The molecule has 1 rings (SSSR count). The highest BCUT2D eigenvalue weighted by Gasteiger charge is 2.15. The summed E-state index contributed by atoms with van der Waals surface area (Å²) in [6.07, 6.45) is 1.55. The van der Waals surface area contributed by atoms with Gasteiger partial charge in [0.15, 0.2) is 0 Å². The van der Waals surface area contributed by atoms with E-state index in [1.54, 1.807) is 32.4 Å². The molecule has 0 radical (unpaired) electrons. The van der Waals surface area contributed by atoms with Crippen LogP contribution in [0.1, 0.15) is 18.0 Å². The van der Waals surface area contributed by atoms with Crippen molar-refractivity contribution in [3.63, 3.8) is 0 Å². The molecular formula is C12H19NO4S. The van der Waals surface area contributed by atoms with E-state index in [0.717, 1.165) is 5.56 Å². The van der Waals surface area contributed by atoms with E-state index in [1.165, 1.54) is 6.26 Å². The van der Waals surface area contributed by atoms with Crippen molar-refractivity contribution in [2.45, 2.75) is 12.5 Å². The van der Waals surface area contributed by atoms with E-state index in [1.807, 2.05) is 0 Å². The lowest BCUT2D eigenvalue weighted by molar-refractivity contribution is 0.394. The minimum Gasteiger partial charge on any atom is -0.497 e. The molecule has 0 amide bonds. The van der Waals surface area contributed by atoms with Crippen LogP contribution < -0.4 is 15.2 Å². The summed E-state index contributed by atoms with van der Waals surface area (Å²) in [5.74, 6) is 1.35. The van der Waals surface area contributed by atoms with Gasteiger partial charge < -0.3 is 15.2 Å². The molecule has 0 aliphatic heterocycles. The van der Waals surface area contributed by atoms with Gasteiger partial charge in [-0.15, -0.1) is 0 Å². The summed E-state index contributed by atoms with van der Waals surface area (Å²) in [7, 11) is 0.0988. The van der Waals surface area contributed by atoms with Gasteiger partial charge in [0.05, 0.1) is 20.0 Å². The number of nitrogens with two attached hydrogens (primary N) is 1. The van der Waals surface area contributed by atoms with Gasteiger partial charge in [-0.1, -0.05) is 0 Å². The number of hydrogen-bond acceptors (Lipinski definition) is 5. The lowest BCUT2D eigenvalue weighted by atomic mass is 10.0. The van der Waals surface area contributed by atoms with Crippen LogP contribution in [-0.2, 0) is 9.84 Å². The molecule has 18 heavy (non-hydrogen) atoms. The number of sulfone groups is 1. The van der Waals surface area contributed by atoms with Crippen molar-refractivity contribution < 1.29 is 17.9 Å². The Bertz CT molecular complexity index is 499. The van der Waals surface area contributed by atoms with E-state index in [9.17, 15) is 8.42 Å². The van der Waals surface area contributed by atoms with Crippen LogP contribution in [0.15, 0.2) is 18.2 Å². The predicted molar refractivity (Wildman–Crippen MR) is 70.8 cm³/mol.